The lowest BCUT2D eigenvalue weighted by molar-refractivity contribution is -0.117. The van der Waals surface area contributed by atoms with Gasteiger partial charge in [-0.1, -0.05) is 30.3 Å². The lowest BCUT2D eigenvalue weighted by Gasteiger charge is -2.28. The molecular formula is C29H26N4O2. The Balaban J connectivity index is 1.34. The number of hydrogen-bond donors (Lipinski definition) is 1. The van der Waals surface area contributed by atoms with Gasteiger partial charge < -0.3 is 19.5 Å². The van der Waals surface area contributed by atoms with Crippen LogP contribution in [0.5, 0.6) is 0 Å². The zero-order valence-corrected chi connectivity index (χ0v) is 19.5. The summed E-state index contributed by atoms with van der Waals surface area (Å²) in [6.07, 6.45) is 1.38. The highest BCUT2D eigenvalue weighted by Crippen LogP contribution is 2.35. The highest BCUT2D eigenvalue weighted by atomic mass is 16.5. The molecule has 0 bridgehead atoms. The van der Waals surface area contributed by atoms with E-state index in [0.29, 0.717) is 24.2 Å². The molecule has 0 atom stereocenters. The third kappa shape index (κ3) is 3.94. The smallest absolute Gasteiger partial charge is 0.227 e. The monoisotopic (exact) mass is 462 g/mol. The fourth-order valence-corrected chi connectivity index (χ4v) is 5.17. The van der Waals surface area contributed by atoms with E-state index in [4.69, 9.17) is 4.74 Å². The Bertz CT molecular complexity index is 1440. The second kappa shape index (κ2) is 8.94. The molecule has 1 aromatic heterocycles. The van der Waals surface area contributed by atoms with Crippen molar-refractivity contribution >= 4 is 28.2 Å². The SMILES string of the molecule is N#Cc1cc(-c2cccc3[nH]c(-c4ccc(N5CCOCC5)cc4)cc23)ccc1N1CCCC1=O. The van der Waals surface area contributed by atoms with Crippen LogP contribution in [0.4, 0.5) is 11.4 Å². The minimum absolute atomic E-state index is 0.0891. The number of H-pyrrole nitrogens is 1. The molecule has 3 aromatic carbocycles. The highest BCUT2D eigenvalue weighted by Gasteiger charge is 2.24. The summed E-state index contributed by atoms with van der Waals surface area (Å²) in [5.74, 6) is 0.0891. The number of nitriles is 1. The van der Waals surface area contributed by atoms with Crippen LogP contribution in [0, 0.1) is 11.3 Å². The van der Waals surface area contributed by atoms with Gasteiger partial charge in [-0.2, -0.15) is 5.26 Å². The second-order valence-electron chi connectivity index (χ2n) is 9.09. The molecule has 0 saturated carbocycles. The number of carbonyl (C=O) groups is 1. The number of hydrogen-bond acceptors (Lipinski definition) is 4. The largest absolute Gasteiger partial charge is 0.378 e. The first kappa shape index (κ1) is 21.5. The number of nitrogens with zero attached hydrogens (tertiary/aromatic N) is 3. The third-order valence-corrected chi connectivity index (χ3v) is 7.01. The molecule has 35 heavy (non-hydrogen) atoms. The van der Waals surface area contributed by atoms with E-state index < -0.39 is 0 Å². The van der Waals surface area contributed by atoms with Crippen LogP contribution in [0.25, 0.3) is 33.3 Å². The summed E-state index contributed by atoms with van der Waals surface area (Å²) < 4.78 is 5.47. The predicted molar refractivity (Wildman–Crippen MR) is 139 cm³/mol. The predicted octanol–water partition coefficient (Wildman–Crippen LogP) is 5.34. The molecule has 0 radical (unpaired) electrons. The van der Waals surface area contributed by atoms with Gasteiger partial charge in [-0.25, -0.2) is 0 Å². The van der Waals surface area contributed by atoms with Gasteiger partial charge in [0.2, 0.25) is 5.91 Å². The van der Waals surface area contributed by atoms with Gasteiger partial charge in [0.15, 0.2) is 0 Å². The molecule has 4 aromatic rings. The van der Waals surface area contributed by atoms with E-state index in [1.165, 1.54) is 5.69 Å². The van der Waals surface area contributed by atoms with Gasteiger partial charge in [-0.3, -0.25) is 4.79 Å². The Morgan fingerprint density at radius 2 is 1.71 bits per heavy atom. The Morgan fingerprint density at radius 1 is 0.914 bits per heavy atom. The summed E-state index contributed by atoms with van der Waals surface area (Å²) in [5, 5.41) is 10.9. The molecule has 6 heteroatoms. The molecule has 6 nitrogen and oxygen atoms in total. The van der Waals surface area contributed by atoms with Gasteiger partial charge in [0.05, 0.1) is 24.5 Å². The third-order valence-electron chi connectivity index (χ3n) is 7.01. The van der Waals surface area contributed by atoms with Gasteiger partial charge in [0.1, 0.15) is 6.07 Å². The Morgan fingerprint density at radius 3 is 2.46 bits per heavy atom. The topological polar surface area (TPSA) is 72.4 Å². The normalized spacial score (nSPS) is 16.1. The van der Waals surface area contributed by atoms with E-state index in [1.807, 2.05) is 24.3 Å². The zero-order valence-electron chi connectivity index (χ0n) is 19.5. The van der Waals surface area contributed by atoms with Crippen LogP contribution in [0.1, 0.15) is 18.4 Å². The van der Waals surface area contributed by atoms with Gasteiger partial charge in [-0.15, -0.1) is 0 Å². The minimum atomic E-state index is 0.0891. The van der Waals surface area contributed by atoms with E-state index >= 15 is 0 Å². The summed E-state index contributed by atoms with van der Waals surface area (Å²) in [5.41, 5.74) is 7.72. The molecule has 174 valence electrons. The molecular weight excluding hydrogens is 436 g/mol. The van der Waals surface area contributed by atoms with Gasteiger partial charge in [0, 0.05) is 48.3 Å². The summed E-state index contributed by atoms with van der Waals surface area (Å²) in [7, 11) is 0. The number of aromatic amines is 1. The summed E-state index contributed by atoms with van der Waals surface area (Å²) >= 11 is 0. The van der Waals surface area contributed by atoms with Crippen molar-refractivity contribution in [3.8, 4) is 28.5 Å². The number of morpholine rings is 1. The maximum absolute atomic E-state index is 12.2. The average molecular weight is 463 g/mol. The molecule has 2 aliphatic heterocycles. The van der Waals surface area contributed by atoms with Crippen LogP contribution in [-0.4, -0.2) is 43.7 Å². The number of nitrogens with one attached hydrogen (secondary N) is 1. The zero-order chi connectivity index (χ0) is 23.8. The summed E-state index contributed by atoms with van der Waals surface area (Å²) in [4.78, 5) is 19.9. The van der Waals surface area contributed by atoms with Crippen LogP contribution in [0.2, 0.25) is 0 Å². The summed E-state index contributed by atoms with van der Waals surface area (Å²) in [6, 6.07) is 25.2. The number of benzene rings is 3. The van der Waals surface area contributed by atoms with Crippen LogP contribution in [-0.2, 0) is 9.53 Å². The number of carbonyl (C=O) groups excluding carboxylic acids is 1. The van der Waals surface area contributed by atoms with Crippen molar-refractivity contribution in [1.29, 1.82) is 5.26 Å². The average Bonchev–Trinajstić information content (AvgIpc) is 3.55. The number of ether oxygens (including phenoxy) is 1. The lowest BCUT2D eigenvalue weighted by atomic mass is 9.98. The maximum Gasteiger partial charge on any atom is 0.227 e. The first-order valence-corrected chi connectivity index (χ1v) is 12.1. The minimum Gasteiger partial charge on any atom is -0.378 e. The number of fused-ring (bicyclic) bond motifs is 1. The molecule has 0 aliphatic carbocycles. The molecule has 2 fully saturated rings. The van der Waals surface area contributed by atoms with Crippen LogP contribution >= 0.6 is 0 Å². The number of rotatable bonds is 4. The molecule has 3 heterocycles. The van der Waals surface area contributed by atoms with Crippen molar-refractivity contribution in [3.63, 3.8) is 0 Å². The fourth-order valence-electron chi connectivity index (χ4n) is 5.17. The molecule has 2 saturated heterocycles. The number of anilines is 2. The van der Waals surface area contributed by atoms with Crippen molar-refractivity contribution in [2.45, 2.75) is 12.8 Å². The van der Waals surface area contributed by atoms with Crippen molar-refractivity contribution in [2.24, 2.45) is 0 Å². The second-order valence-corrected chi connectivity index (χ2v) is 9.09. The Labute approximate surface area is 204 Å². The van der Waals surface area contributed by atoms with Gasteiger partial charge >= 0.3 is 0 Å². The van der Waals surface area contributed by atoms with Crippen molar-refractivity contribution < 1.29 is 9.53 Å². The Kier molecular flexibility index (Phi) is 5.48. The molecule has 6 rings (SSSR count). The van der Waals surface area contributed by atoms with E-state index in [1.54, 1.807) is 4.90 Å². The quantitative estimate of drug-likeness (QED) is 0.445. The molecule has 0 spiro atoms. The molecule has 2 aliphatic rings. The van der Waals surface area contributed by atoms with Gasteiger partial charge in [0.25, 0.3) is 0 Å². The van der Waals surface area contributed by atoms with Crippen molar-refractivity contribution in [2.75, 3.05) is 42.6 Å². The first-order valence-electron chi connectivity index (χ1n) is 12.1. The lowest BCUT2D eigenvalue weighted by Crippen LogP contribution is -2.36. The number of aromatic nitrogens is 1. The highest BCUT2D eigenvalue weighted by molar-refractivity contribution is 6.00. The van der Waals surface area contributed by atoms with E-state index in [2.05, 4.69) is 58.4 Å². The fraction of sp³-hybridized carbons (Fsp3) is 0.241. The van der Waals surface area contributed by atoms with Gasteiger partial charge in [-0.05, 0) is 59.5 Å². The van der Waals surface area contributed by atoms with E-state index in [-0.39, 0.29) is 5.91 Å². The van der Waals surface area contributed by atoms with E-state index in [9.17, 15) is 10.1 Å². The Hall–Kier alpha value is -4.08. The van der Waals surface area contributed by atoms with Crippen LogP contribution in [0.15, 0.2) is 66.7 Å². The first-order chi connectivity index (χ1) is 17.2. The van der Waals surface area contributed by atoms with E-state index in [0.717, 1.165) is 66.0 Å². The molecule has 1 N–H and O–H groups in total. The van der Waals surface area contributed by atoms with Crippen LogP contribution < -0.4 is 9.80 Å². The molecule has 0 unspecified atom stereocenters. The van der Waals surface area contributed by atoms with Crippen LogP contribution in [0.3, 0.4) is 0 Å². The summed E-state index contributed by atoms with van der Waals surface area (Å²) in [6.45, 7) is 4.06. The van der Waals surface area contributed by atoms with Crippen molar-refractivity contribution in [1.82, 2.24) is 4.98 Å². The van der Waals surface area contributed by atoms with Crippen molar-refractivity contribution in [3.05, 3.63) is 72.3 Å². The maximum atomic E-state index is 12.2. The molecule has 1 amide bonds. The number of amides is 1. The standard InChI is InChI=1S/C29H26N4O2/c30-19-22-17-21(8-11-28(22)33-12-2-5-29(33)34)24-3-1-4-26-25(24)18-27(31-26)20-6-9-23(10-7-20)32-13-15-35-16-14-32/h1,3-4,6-11,17-18,31H,2,5,12-16H2.